The van der Waals surface area contributed by atoms with Crippen LogP contribution in [0.3, 0.4) is 0 Å². The van der Waals surface area contributed by atoms with Gasteiger partial charge in [-0.05, 0) is 68.7 Å². The predicted octanol–water partition coefficient (Wildman–Crippen LogP) is 3.80. The van der Waals surface area contributed by atoms with Crippen molar-refractivity contribution in [2.75, 3.05) is 29.9 Å². The summed E-state index contributed by atoms with van der Waals surface area (Å²) in [7, 11) is 0. The van der Waals surface area contributed by atoms with E-state index in [-0.39, 0.29) is 12.5 Å². The fraction of sp³-hybridized carbons (Fsp3) is 0.333. The quantitative estimate of drug-likeness (QED) is 0.676. The number of nitrogens with one attached hydrogen (secondary N) is 1. The molecule has 6 nitrogen and oxygen atoms in total. The number of pyridine rings is 1. The van der Waals surface area contributed by atoms with E-state index < -0.39 is 0 Å². The number of rotatable bonds is 5. The third-order valence-corrected chi connectivity index (χ3v) is 5.54. The molecule has 0 bridgehead atoms. The van der Waals surface area contributed by atoms with Crippen molar-refractivity contribution in [1.82, 2.24) is 4.98 Å². The van der Waals surface area contributed by atoms with Crippen LogP contribution in [0.25, 0.3) is 10.9 Å². The lowest BCUT2D eigenvalue weighted by Gasteiger charge is -2.31. The Morgan fingerprint density at radius 2 is 1.87 bits per heavy atom. The molecule has 0 saturated carbocycles. The number of nitrogens with zero attached hydrogens (tertiary/aromatic N) is 2. The van der Waals surface area contributed by atoms with E-state index >= 15 is 0 Å². The van der Waals surface area contributed by atoms with Gasteiger partial charge in [-0.15, -0.1) is 0 Å². The Kier molecular flexibility index (Phi) is 5.86. The molecule has 2 heterocycles. The van der Waals surface area contributed by atoms with Gasteiger partial charge in [0.25, 0.3) is 5.91 Å². The van der Waals surface area contributed by atoms with Crippen LogP contribution in [0, 0.1) is 13.8 Å². The Hall–Kier alpha value is -3.12. The molecule has 3 N–H and O–H groups in total. The van der Waals surface area contributed by atoms with Crippen LogP contribution in [0.5, 0.6) is 5.75 Å². The summed E-state index contributed by atoms with van der Waals surface area (Å²) < 4.78 is 5.56. The molecule has 0 spiro atoms. The number of piperidine rings is 1. The van der Waals surface area contributed by atoms with E-state index in [1.807, 2.05) is 49.4 Å². The number of ether oxygens (including phenoxy) is 1. The molecule has 1 aliphatic rings. The number of anilines is 2. The van der Waals surface area contributed by atoms with Crippen molar-refractivity contribution in [3.8, 4) is 5.75 Å². The summed E-state index contributed by atoms with van der Waals surface area (Å²) in [4.78, 5) is 19.4. The van der Waals surface area contributed by atoms with Crippen molar-refractivity contribution in [2.45, 2.75) is 32.7 Å². The first-order valence-corrected chi connectivity index (χ1v) is 10.4. The number of aryl methyl sites for hydroxylation is 2. The summed E-state index contributed by atoms with van der Waals surface area (Å²) in [6.45, 7) is 5.93. The first kappa shape index (κ1) is 20.2. The van der Waals surface area contributed by atoms with E-state index in [9.17, 15) is 4.79 Å². The van der Waals surface area contributed by atoms with E-state index in [4.69, 9.17) is 15.5 Å². The van der Waals surface area contributed by atoms with Crippen LogP contribution < -0.4 is 20.7 Å². The predicted molar refractivity (Wildman–Crippen MR) is 121 cm³/mol. The number of hydrogen-bond donors (Lipinski definition) is 2. The van der Waals surface area contributed by atoms with Gasteiger partial charge in [0.1, 0.15) is 11.6 Å². The lowest BCUT2D eigenvalue weighted by Crippen LogP contribution is -2.40. The van der Waals surface area contributed by atoms with Crippen LogP contribution in [0.4, 0.5) is 11.5 Å². The van der Waals surface area contributed by atoms with Gasteiger partial charge in [0.05, 0.1) is 5.52 Å². The molecule has 1 aliphatic heterocycles. The van der Waals surface area contributed by atoms with E-state index in [1.165, 1.54) is 0 Å². The third kappa shape index (κ3) is 4.71. The molecule has 4 rings (SSSR count). The van der Waals surface area contributed by atoms with Gasteiger partial charge in [-0.1, -0.05) is 17.7 Å². The van der Waals surface area contributed by atoms with Crippen LogP contribution in [0.15, 0.2) is 48.5 Å². The van der Waals surface area contributed by atoms with Crippen molar-refractivity contribution in [2.24, 2.45) is 5.73 Å². The third-order valence-electron chi connectivity index (χ3n) is 5.54. The van der Waals surface area contributed by atoms with Crippen LogP contribution in [0.2, 0.25) is 0 Å². The van der Waals surface area contributed by atoms with Crippen LogP contribution in [-0.2, 0) is 4.79 Å². The van der Waals surface area contributed by atoms with Gasteiger partial charge in [0, 0.05) is 30.2 Å². The molecular formula is C24H28N4O2. The Balaban J connectivity index is 1.43. The highest BCUT2D eigenvalue weighted by molar-refractivity contribution is 5.95. The van der Waals surface area contributed by atoms with Gasteiger partial charge in [0.15, 0.2) is 6.61 Å². The fourth-order valence-electron chi connectivity index (χ4n) is 3.73. The Bertz CT molecular complexity index is 1040. The number of fused-ring (bicyclic) bond motifs is 1. The lowest BCUT2D eigenvalue weighted by atomic mass is 10.1. The number of nitrogens with two attached hydrogens (primary N) is 1. The number of aromatic nitrogens is 1. The normalized spacial score (nSPS) is 14.7. The average molecular weight is 405 g/mol. The van der Waals surface area contributed by atoms with Gasteiger partial charge in [-0.25, -0.2) is 4.98 Å². The minimum absolute atomic E-state index is 0.0334. The maximum Gasteiger partial charge on any atom is 0.262 e. The van der Waals surface area contributed by atoms with E-state index in [0.29, 0.717) is 11.8 Å². The molecule has 0 unspecified atom stereocenters. The maximum atomic E-state index is 12.3. The molecule has 156 valence electrons. The minimum atomic E-state index is -0.193. The zero-order chi connectivity index (χ0) is 21.1. The zero-order valence-corrected chi connectivity index (χ0v) is 17.5. The van der Waals surface area contributed by atoms with Crippen molar-refractivity contribution in [1.29, 1.82) is 0 Å². The van der Waals surface area contributed by atoms with Gasteiger partial charge in [0.2, 0.25) is 0 Å². The van der Waals surface area contributed by atoms with E-state index in [1.54, 1.807) is 0 Å². The molecule has 1 fully saturated rings. The molecule has 0 radical (unpaired) electrons. The smallest absolute Gasteiger partial charge is 0.262 e. The van der Waals surface area contributed by atoms with Gasteiger partial charge in [-0.2, -0.15) is 0 Å². The molecule has 3 aromatic rings. The second-order valence-electron chi connectivity index (χ2n) is 8.00. The topological polar surface area (TPSA) is 80.5 Å². The maximum absolute atomic E-state index is 12.3. The molecule has 1 aromatic heterocycles. The van der Waals surface area contributed by atoms with Gasteiger partial charge < -0.3 is 20.7 Å². The number of carbonyl (C=O) groups excluding carboxylic acids is 1. The highest BCUT2D eigenvalue weighted by atomic mass is 16.5. The van der Waals surface area contributed by atoms with Crippen molar-refractivity contribution in [3.63, 3.8) is 0 Å². The highest BCUT2D eigenvalue weighted by Gasteiger charge is 2.18. The number of carbonyl (C=O) groups is 1. The summed E-state index contributed by atoms with van der Waals surface area (Å²) in [5.41, 5.74) is 9.97. The molecule has 30 heavy (non-hydrogen) atoms. The van der Waals surface area contributed by atoms with Crippen LogP contribution >= 0.6 is 0 Å². The summed E-state index contributed by atoms with van der Waals surface area (Å²) in [6.07, 6.45) is 1.99. The summed E-state index contributed by atoms with van der Waals surface area (Å²) in [6, 6.07) is 15.9. The summed E-state index contributed by atoms with van der Waals surface area (Å²) >= 11 is 0. The molecule has 0 aliphatic carbocycles. The fourth-order valence-corrected chi connectivity index (χ4v) is 3.73. The van der Waals surface area contributed by atoms with E-state index in [0.717, 1.165) is 59.5 Å². The summed E-state index contributed by atoms with van der Waals surface area (Å²) in [5, 5.41) is 3.94. The largest absolute Gasteiger partial charge is 0.484 e. The average Bonchev–Trinajstić information content (AvgIpc) is 2.74. The second kappa shape index (κ2) is 8.71. The van der Waals surface area contributed by atoms with Gasteiger partial charge >= 0.3 is 0 Å². The Morgan fingerprint density at radius 1 is 1.13 bits per heavy atom. The number of hydrogen-bond acceptors (Lipinski definition) is 5. The second-order valence-corrected chi connectivity index (χ2v) is 8.00. The van der Waals surface area contributed by atoms with Crippen LogP contribution in [0.1, 0.15) is 24.0 Å². The first-order chi connectivity index (χ1) is 14.5. The first-order valence-electron chi connectivity index (χ1n) is 10.4. The zero-order valence-electron chi connectivity index (χ0n) is 17.5. The molecule has 1 amide bonds. The van der Waals surface area contributed by atoms with Crippen LogP contribution in [-0.4, -0.2) is 36.6 Å². The molecular weight excluding hydrogens is 376 g/mol. The number of amides is 1. The molecule has 0 atom stereocenters. The highest BCUT2D eigenvalue weighted by Crippen LogP contribution is 2.27. The minimum Gasteiger partial charge on any atom is -0.484 e. The standard InChI is InChI=1S/C24H28N4O2/c1-16-3-6-20(7-4-16)30-15-24(29)26-19-5-8-22-21(14-19)17(2)13-23(27-22)28-11-9-18(25)10-12-28/h3-8,13-14,18H,9-12,15,25H2,1-2H3,(H,26,29). The lowest BCUT2D eigenvalue weighted by molar-refractivity contribution is -0.118. The SMILES string of the molecule is Cc1ccc(OCC(=O)Nc2ccc3nc(N4CCC(N)CC4)cc(C)c3c2)cc1. The molecule has 6 heteroatoms. The van der Waals surface area contributed by atoms with E-state index in [2.05, 4.69) is 23.2 Å². The molecule has 2 aromatic carbocycles. The Morgan fingerprint density at radius 3 is 2.60 bits per heavy atom. The monoisotopic (exact) mass is 404 g/mol. The Labute approximate surface area is 177 Å². The van der Waals surface area contributed by atoms with Crippen molar-refractivity contribution < 1.29 is 9.53 Å². The molecule has 1 saturated heterocycles. The van der Waals surface area contributed by atoms with Gasteiger partial charge in [-0.3, -0.25) is 4.79 Å². The number of benzene rings is 2. The van der Waals surface area contributed by atoms with Crippen molar-refractivity contribution >= 4 is 28.3 Å². The van der Waals surface area contributed by atoms with Crippen molar-refractivity contribution in [3.05, 3.63) is 59.7 Å². The summed E-state index contributed by atoms with van der Waals surface area (Å²) in [5.74, 6) is 1.48.